The Morgan fingerprint density at radius 1 is 0.875 bits per heavy atom. The number of benzene rings is 1. The summed E-state index contributed by atoms with van der Waals surface area (Å²) in [6.45, 7) is 15.3. The van der Waals surface area contributed by atoms with E-state index < -0.39 is 23.3 Å². The molecular weight excluding hydrogens is 403 g/mol. The molecule has 0 fully saturated rings. The normalized spacial score (nSPS) is 15.5. The molecule has 1 rings (SSSR count). The molecule has 7 heteroatoms. The summed E-state index contributed by atoms with van der Waals surface area (Å²) in [5.41, 5.74) is -0.242. The molecule has 32 heavy (non-hydrogen) atoms. The van der Waals surface area contributed by atoms with Crippen LogP contribution in [-0.4, -0.2) is 43.0 Å². The molecule has 0 saturated carbocycles. The lowest BCUT2D eigenvalue weighted by molar-refractivity contribution is 0.0915. The van der Waals surface area contributed by atoms with Gasteiger partial charge in [0.05, 0.1) is 19.0 Å². The van der Waals surface area contributed by atoms with Gasteiger partial charge in [0.25, 0.3) is 11.8 Å². The second kappa shape index (κ2) is 11.1. The van der Waals surface area contributed by atoms with Crippen molar-refractivity contribution in [1.29, 1.82) is 0 Å². The fraction of sp³-hybridized carbons (Fsp3) is 0.680. The van der Waals surface area contributed by atoms with E-state index in [0.29, 0.717) is 13.1 Å². The van der Waals surface area contributed by atoms with Crippen LogP contribution in [0.1, 0.15) is 101 Å². The Bertz CT molecular complexity index is 807. The maximum atomic E-state index is 12.7. The molecule has 0 spiro atoms. The summed E-state index contributed by atoms with van der Waals surface area (Å²) in [6.07, 6.45) is 4.16. The Balaban J connectivity index is 2.87. The molecule has 0 bridgehead atoms. The number of amides is 2. The SMILES string of the molecule is [B]C(C)(CC)CC(C)(CC)CNC(=O)c1ccc(C(=O)NCCC(C)(C)CC)c(O)c1O. The lowest BCUT2D eigenvalue weighted by Crippen LogP contribution is -2.37. The Kier molecular flexibility index (Phi) is 9.67. The molecule has 0 aromatic heterocycles. The van der Waals surface area contributed by atoms with Crippen LogP contribution in [0.3, 0.4) is 0 Å². The van der Waals surface area contributed by atoms with E-state index in [1.54, 1.807) is 0 Å². The van der Waals surface area contributed by atoms with Crippen LogP contribution in [0.25, 0.3) is 0 Å². The highest BCUT2D eigenvalue weighted by Gasteiger charge is 2.31. The number of carbonyl (C=O) groups is 2. The van der Waals surface area contributed by atoms with Gasteiger partial charge in [-0.15, -0.1) is 0 Å². The molecule has 0 aliphatic heterocycles. The van der Waals surface area contributed by atoms with E-state index in [1.807, 2.05) is 13.8 Å². The first-order chi connectivity index (χ1) is 14.7. The highest BCUT2D eigenvalue weighted by atomic mass is 16.3. The van der Waals surface area contributed by atoms with Gasteiger partial charge >= 0.3 is 0 Å². The minimum atomic E-state index is -0.598. The van der Waals surface area contributed by atoms with Gasteiger partial charge in [0, 0.05) is 13.1 Å². The van der Waals surface area contributed by atoms with Gasteiger partial charge in [-0.1, -0.05) is 66.6 Å². The molecule has 2 radical (unpaired) electrons. The van der Waals surface area contributed by atoms with Crippen molar-refractivity contribution in [1.82, 2.24) is 10.6 Å². The van der Waals surface area contributed by atoms with E-state index in [4.69, 9.17) is 7.85 Å². The number of nitrogens with one attached hydrogen (secondary N) is 2. The fourth-order valence-corrected chi connectivity index (χ4v) is 3.53. The summed E-state index contributed by atoms with van der Waals surface area (Å²) in [7, 11) is 6.33. The third kappa shape index (κ3) is 7.75. The summed E-state index contributed by atoms with van der Waals surface area (Å²) in [4.78, 5) is 25.1. The van der Waals surface area contributed by atoms with Gasteiger partial charge in [-0.25, -0.2) is 0 Å². The number of aromatic hydroxyl groups is 2. The van der Waals surface area contributed by atoms with Crippen molar-refractivity contribution in [3.05, 3.63) is 23.3 Å². The Morgan fingerprint density at radius 3 is 1.81 bits per heavy atom. The molecule has 1 aromatic rings. The predicted molar refractivity (Wildman–Crippen MR) is 131 cm³/mol. The van der Waals surface area contributed by atoms with Gasteiger partial charge in [-0.3, -0.25) is 9.59 Å². The zero-order chi connectivity index (χ0) is 24.7. The molecule has 2 unspecified atom stereocenters. The van der Waals surface area contributed by atoms with Crippen molar-refractivity contribution in [3.8, 4) is 11.5 Å². The van der Waals surface area contributed by atoms with Crippen molar-refractivity contribution < 1.29 is 19.8 Å². The highest BCUT2D eigenvalue weighted by molar-refractivity contribution is 6.14. The summed E-state index contributed by atoms with van der Waals surface area (Å²) in [5.74, 6) is -2.19. The molecule has 2 atom stereocenters. The minimum Gasteiger partial charge on any atom is -0.504 e. The zero-order valence-corrected chi connectivity index (χ0v) is 20.9. The molecule has 0 aliphatic carbocycles. The smallest absolute Gasteiger partial charge is 0.255 e. The van der Waals surface area contributed by atoms with Gasteiger partial charge in [-0.2, -0.15) is 0 Å². The van der Waals surface area contributed by atoms with Crippen LogP contribution in [0.5, 0.6) is 11.5 Å². The average Bonchev–Trinajstić information content (AvgIpc) is 2.73. The van der Waals surface area contributed by atoms with Crippen LogP contribution in [0.4, 0.5) is 0 Å². The number of phenols is 2. The largest absolute Gasteiger partial charge is 0.504 e. The molecule has 0 aliphatic rings. The van der Waals surface area contributed by atoms with Crippen LogP contribution >= 0.6 is 0 Å². The van der Waals surface area contributed by atoms with Gasteiger partial charge in [0.2, 0.25) is 0 Å². The monoisotopic (exact) mass is 444 g/mol. The maximum absolute atomic E-state index is 12.7. The minimum absolute atomic E-state index is 0.0615. The van der Waals surface area contributed by atoms with Gasteiger partial charge < -0.3 is 20.8 Å². The zero-order valence-electron chi connectivity index (χ0n) is 20.9. The van der Waals surface area contributed by atoms with Crippen LogP contribution in [0, 0.1) is 10.8 Å². The first-order valence-corrected chi connectivity index (χ1v) is 11.6. The van der Waals surface area contributed by atoms with E-state index >= 15 is 0 Å². The average molecular weight is 444 g/mol. The lowest BCUT2D eigenvalue weighted by Gasteiger charge is -2.37. The Hall–Kier alpha value is -2.18. The van der Waals surface area contributed by atoms with Gasteiger partial charge in [-0.05, 0) is 42.2 Å². The molecule has 1 aromatic carbocycles. The fourth-order valence-electron chi connectivity index (χ4n) is 3.53. The van der Waals surface area contributed by atoms with E-state index in [9.17, 15) is 19.8 Å². The van der Waals surface area contributed by atoms with Crippen LogP contribution in [-0.2, 0) is 0 Å². The van der Waals surface area contributed by atoms with Crippen molar-refractivity contribution in [2.45, 2.75) is 85.9 Å². The van der Waals surface area contributed by atoms with Crippen molar-refractivity contribution in [2.75, 3.05) is 13.1 Å². The standard InChI is InChI=1S/C25H41BN2O4/c1-8-23(4,5)13-14-27-21(31)17-11-12-18(20(30)19(17)29)22(32)28-16-24(6,9-2)15-25(7,26)10-3/h11-12,29-30H,8-10,13-16H2,1-7H3,(H,27,31)(H,28,32). The predicted octanol–water partition coefficient (Wildman–Crippen LogP) is 4.95. The van der Waals surface area contributed by atoms with Crippen LogP contribution < -0.4 is 10.6 Å². The Labute approximate surface area is 195 Å². The molecule has 2 amide bonds. The maximum Gasteiger partial charge on any atom is 0.255 e. The van der Waals surface area contributed by atoms with Crippen molar-refractivity contribution in [2.24, 2.45) is 10.8 Å². The molecule has 4 N–H and O–H groups in total. The first kappa shape index (κ1) is 27.9. The molecular formula is C25H41BN2O4. The number of phenolic OH excluding ortho intramolecular Hbond substituents is 2. The molecule has 0 saturated heterocycles. The Morgan fingerprint density at radius 2 is 1.38 bits per heavy atom. The number of hydrogen-bond acceptors (Lipinski definition) is 4. The first-order valence-electron chi connectivity index (χ1n) is 11.6. The van der Waals surface area contributed by atoms with E-state index in [2.05, 4.69) is 45.3 Å². The number of hydrogen-bond donors (Lipinski definition) is 4. The summed E-state index contributed by atoms with van der Waals surface area (Å²) < 4.78 is 0. The van der Waals surface area contributed by atoms with E-state index in [0.717, 1.165) is 32.1 Å². The van der Waals surface area contributed by atoms with Crippen molar-refractivity contribution in [3.63, 3.8) is 0 Å². The molecule has 0 heterocycles. The second-order valence-corrected chi connectivity index (χ2v) is 10.4. The highest BCUT2D eigenvalue weighted by Crippen LogP contribution is 2.41. The molecule has 6 nitrogen and oxygen atoms in total. The lowest BCUT2D eigenvalue weighted by atomic mass is 9.59. The summed E-state index contributed by atoms with van der Waals surface area (Å²) in [5, 5.41) is 26.0. The quantitative estimate of drug-likeness (QED) is 0.271. The summed E-state index contributed by atoms with van der Waals surface area (Å²) in [6, 6.07) is 2.72. The second-order valence-electron chi connectivity index (χ2n) is 10.4. The van der Waals surface area contributed by atoms with E-state index in [1.165, 1.54) is 12.1 Å². The van der Waals surface area contributed by atoms with Gasteiger partial charge in [0.1, 0.15) is 0 Å². The van der Waals surface area contributed by atoms with Crippen molar-refractivity contribution >= 4 is 19.7 Å². The number of rotatable bonds is 12. The van der Waals surface area contributed by atoms with Crippen LogP contribution in [0.15, 0.2) is 12.1 Å². The third-order valence-corrected chi connectivity index (χ3v) is 6.85. The number of carbonyl (C=O) groups excluding carboxylic acids is 2. The third-order valence-electron chi connectivity index (χ3n) is 6.85. The molecule has 178 valence electrons. The van der Waals surface area contributed by atoms with Crippen LogP contribution in [0.2, 0.25) is 5.31 Å². The summed E-state index contributed by atoms with van der Waals surface area (Å²) >= 11 is 0. The van der Waals surface area contributed by atoms with E-state index in [-0.39, 0.29) is 27.3 Å². The topological polar surface area (TPSA) is 98.7 Å². The van der Waals surface area contributed by atoms with Gasteiger partial charge in [0.15, 0.2) is 11.5 Å².